The van der Waals surface area contributed by atoms with Crippen LogP contribution in [0.3, 0.4) is 0 Å². The molecule has 0 unspecified atom stereocenters. The van der Waals surface area contributed by atoms with Crippen LogP contribution in [0.2, 0.25) is 5.02 Å². The van der Waals surface area contributed by atoms with Crippen molar-refractivity contribution in [2.45, 2.75) is 44.5 Å². The quantitative estimate of drug-likeness (QED) is 0.701. The molecule has 3 fully saturated rings. The molecule has 0 saturated carbocycles. The normalized spacial score (nSPS) is 29.6. The topological polar surface area (TPSA) is 66.9 Å². The van der Waals surface area contributed by atoms with Crippen LogP contribution in [-0.2, 0) is 14.3 Å². The zero-order valence-electron chi connectivity index (χ0n) is 19.9. The molecule has 3 saturated heterocycles. The number of nitrogens with zero attached hydrogens (tertiary/aromatic N) is 3. The highest BCUT2D eigenvalue weighted by molar-refractivity contribution is 6.34. The molecule has 9 heteroatoms. The van der Waals surface area contributed by atoms with Gasteiger partial charge in [-0.2, -0.15) is 0 Å². The molecule has 0 bridgehead atoms. The number of piperazine rings is 1. The number of pyridine rings is 1. The van der Waals surface area contributed by atoms with Gasteiger partial charge in [-0.3, -0.25) is 9.69 Å². The van der Waals surface area contributed by atoms with E-state index >= 15 is 0 Å². The number of amides is 1. The van der Waals surface area contributed by atoms with E-state index in [0.29, 0.717) is 30.5 Å². The molecular formula is C25H32ClFN4O3. The summed E-state index contributed by atoms with van der Waals surface area (Å²) in [5.41, 5.74) is 0.104. The van der Waals surface area contributed by atoms with Crippen molar-refractivity contribution in [1.82, 2.24) is 9.88 Å². The first kappa shape index (κ1) is 23.7. The summed E-state index contributed by atoms with van der Waals surface area (Å²) in [4.78, 5) is 21.5. The monoisotopic (exact) mass is 490 g/mol. The third-order valence-electron chi connectivity index (χ3n) is 7.50. The molecule has 1 amide bonds. The Labute approximate surface area is 204 Å². The second-order valence-corrected chi connectivity index (χ2v) is 10.9. The van der Waals surface area contributed by atoms with Crippen molar-refractivity contribution in [2.24, 2.45) is 5.92 Å². The fourth-order valence-electron chi connectivity index (χ4n) is 5.29. The van der Waals surface area contributed by atoms with Gasteiger partial charge in [0.2, 0.25) is 5.91 Å². The van der Waals surface area contributed by atoms with Crippen molar-refractivity contribution in [3.8, 4) is 0 Å². The second kappa shape index (κ2) is 8.90. The summed E-state index contributed by atoms with van der Waals surface area (Å²) in [7, 11) is 0. The Morgan fingerprint density at radius 3 is 2.56 bits per heavy atom. The van der Waals surface area contributed by atoms with E-state index < -0.39 is 11.7 Å². The average molecular weight is 491 g/mol. The summed E-state index contributed by atoms with van der Waals surface area (Å²) < 4.78 is 25.5. The number of ether oxygens (including phenoxy) is 2. The number of hydrogen-bond acceptors (Lipinski definition) is 6. The first-order valence-electron chi connectivity index (χ1n) is 11.9. The highest BCUT2D eigenvalue weighted by Crippen LogP contribution is 2.35. The lowest BCUT2D eigenvalue weighted by Crippen LogP contribution is -2.59. The van der Waals surface area contributed by atoms with Gasteiger partial charge in [0.05, 0.1) is 47.6 Å². The molecule has 184 valence electrons. The van der Waals surface area contributed by atoms with E-state index in [9.17, 15) is 9.18 Å². The third-order valence-corrected chi connectivity index (χ3v) is 7.80. The molecular weight excluding hydrogens is 459 g/mol. The molecule has 1 aromatic carbocycles. The number of hydrogen-bond donors (Lipinski definition) is 1. The van der Waals surface area contributed by atoms with Gasteiger partial charge in [-0.05, 0) is 50.8 Å². The molecule has 7 nitrogen and oxygen atoms in total. The van der Waals surface area contributed by atoms with Gasteiger partial charge in [0, 0.05) is 37.8 Å². The van der Waals surface area contributed by atoms with Gasteiger partial charge >= 0.3 is 0 Å². The molecule has 3 aliphatic heterocycles. The van der Waals surface area contributed by atoms with Crippen LogP contribution in [0.25, 0.3) is 10.8 Å². The van der Waals surface area contributed by atoms with Crippen LogP contribution < -0.4 is 10.2 Å². The Balaban J connectivity index is 1.30. The smallest absolute Gasteiger partial charge is 0.231 e. The van der Waals surface area contributed by atoms with Gasteiger partial charge in [-0.15, -0.1) is 0 Å². The van der Waals surface area contributed by atoms with Gasteiger partial charge in [-0.25, -0.2) is 9.37 Å². The summed E-state index contributed by atoms with van der Waals surface area (Å²) in [6.45, 7) is 9.95. The van der Waals surface area contributed by atoms with Crippen LogP contribution >= 0.6 is 11.6 Å². The summed E-state index contributed by atoms with van der Waals surface area (Å²) >= 11 is 6.64. The van der Waals surface area contributed by atoms with E-state index in [2.05, 4.69) is 20.1 Å². The molecule has 2 aromatic rings. The molecule has 34 heavy (non-hydrogen) atoms. The zero-order valence-corrected chi connectivity index (χ0v) is 20.7. The van der Waals surface area contributed by atoms with Crippen molar-refractivity contribution in [3.05, 3.63) is 29.4 Å². The van der Waals surface area contributed by atoms with Crippen molar-refractivity contribution in [3.63, 3.8) is 0 Å². The van der Waals surface area contributed by atoms with E-state index in [4.69, 9.17) is 21.1 Å². The van der Waals surface area contributed by atoms with Crippen molar-refractivity contribution < 1.29 is 18.7 Å². The van der Waals surface area contributed by atoms with E-state index in [1.165, 1.54) is 0 Å². The number of rotatable bonds is 4. The number of fused-ring (bicyclic) bond motifs is 1. The van der Waals surface area contributed by atoms with Gasteiger partial charge < -0.3 is 19.7 Å². The molecule has 3 atom stereocenters. The number of benzene rings is 1. The first-order valence-corrected chi connectivity index (χ1v) is 12.3. The molecule has 0 spiro atoms. The molecule has 1 N–H and O–H groups in total. The van der Waals surface area contributed by atoms with E-state index in [1.54, 1.807) is 6.20 Å². The Bertz CT molecular complexity index is 1090. The van der Waals surface area contributed by atoms with E-state index in [1.807, 2.05) is 39.0 Å². The van der Waals surface area contributed by atoms with Crippen LogP contribution in [-0.4, -0.2) is 79.1 Å². The lowest BCUT2D eigenvalue weighted by atomic mass is 9.96. The summed E-state index contributed by atoms with van der Waals surface area (Å²) in [5, 5.41) is 5.46. The fourth-order valence-corrected chi connectivity index (χ4v) is 5.58. The van der Waals surface area contributed by atoms with Crippen LogP contribution in [0.4, 0.5) is 15.9 Å². The number of anilines is 2. The minimum Gasteiger partial charge on any atom is -0.376 e. The maximum Gasteiger partial charge on any atom is 0.231 e. The number of halogens is 2. The molecule has 3 aliphatic rings. The fraction of sp³-hybridized carbons (Fsp3) is 0.600. The molecule has 0 aliphatic carbocycles. The van der Waals surface area contributed by atoms with E-state index in [-0.39, 0.29) is 24.0 Å². The first-order chi connectivity index (χ1) is 16.1. The lowest BCUT2D eigenvalue weighted by molar-refractivity contribution is -0.119. The van der Waals surface area contributed by atoms with Gasteiger partial charge in [0.1, 0.15) is 12.0 Å². The Morgan fingerprint density at radius 1 is 1.15 bits per heavy atom. The number of alkyl halides is 1. The van der Waals surface area contributed by atoms with Gasteiger partial charge in [0.15, 0.2) is 0 Å². The Hall–Kier alpha value is -2.00. The number of aromatic nitrogens is 1. The zero-order chi connectivity index (χ0) is 24.1. The molecule has 0 radical (unpaired) electrons. The summed E-state index contributed by atoms with van der Waals surface area (Å²) in [5.74, 6) is 0.266. The third kappa shape index (κ3) is 4.49. The number of carbonyl (C=O) groups is 1. The van der Waals surface area contributed by atoms with Gasteiger partial charge in [-0.1, -0.05) is 11.6 Å². The molecule has 1 aromatic heterocycles. The summed E-state index contributed by atoms with van der Waals surface area (Å²) in [6.07, 6.45) is 1.45. The van der Waals surface area contributed by atoms with Crippen molar-refractivity contribution >= 4 is 39.8 Å². The highest BCUT2D eigenvalue weighted by Gasteiger charge is 2.46. The predicted molar refractivity (Wildman–Crippen MR) is 131 cm³/mol. The van der Waals surface area contributed by atoms with Crippen molar-refractivity contribution in [1.29, 1.82) is 0 Å². The highest BCUT2D eigenvalue weighted by atomic mass is 35.5. The van der Waals surface area contributed by atoms with Crippen LogP contribution in [0.1, 0.15) is 27.2 Å². The molecule has 4 heterocycles. The molecule has 5 rings (SSSR count). The lowest BCUT2D eigenvalue weighted by Gasteiger charge is -2.44. The minimum atomic E-state index is -0.966. The van der Waals surface area contributed by atoms with Crippen LogP contribution in [0.5, 0.6) is 0 Å². The number of nitrogens with one attached hydrogen (secondary N) is 1. The average Bonchev–Trinajstić information content (AvgIpc) is 3.35. The predicted octanol–water partition coefficient (Wildman–Crippen LogP) is 3.89. The minimum absolute atomic E-state index is 0.0710. The van der Waals surface area contributed by atoms with Crippen LogP contribution in [0, 0.1) is 5.92 Å². The SMILES string of the molecule is CC1(C)C[C@H](C(=O)Nc2cc3cc(N4CCN([C@@]5(C)COC[C@H]5F)CC4)c(Cl)cc3cn2)CO1. The Kier molecular flexibility index (Phi) is 6.21. The number of carbonyl (C=O) groups excluding carboxylic acids is 1. The standard InChI is InChI=1S/C25H32ClFN4O3/c1-24(2)11-18(13-34-24)23(32)29-22-10-16-9-20(19(26)8-17(16)12-28-22)30-4-6-31(7-5-30)25(3)15-33-14-21(25)27/h8-10,12,18,21H,4-7,11,13-15H2,1-3H3,(H,28,29,32)/t18-,21+,25-/m0/s1. The van der Waals surface area contributed by atoms with Crippen LogP contribution in [0.15, 0.2) is 24.4 Å². The maximum atomic E-state index is 14.4. The largest absolute Gasteiger partial charge is 0.376 e. The second-order valence-electron chi connectivity index (χ2n) is 10.5. The Morgan fingerprint density at radius 2 is 1.91 bits per heavy atom. The van der Waals surface area contributed by atoms with Crippen molar-refractivity contribution in [2.75, 3.05) is 56.2 Å². The summed E-state index contributed by atoms with van der Waals surface area (Å²) in [6, 6.07) is 5.84. The van der Waals surface area contributed by atoms with E-state index in [0.717, 1.165) is 42.6 Å². The maximum absolute atomic E-state index is 14.4. The van der Waals surface area contributed by atoms with Gasteiger partial charge in [0.25, 0.3) is 0 Å².